The quantitative estimate of drug-likeness (QED) is 0.615. The van der Waals surface area contributed by atoms with E-state index in [1.165, 1.54) is 6.07 Å². The monoisotopic (exact) mass is 439 g/mol. The number of amidine groups is 1. The van der Waals surface area contributed by atoms with Crippen LogP contribution in [0, 0.1) is 5.92 Å². The van der Waals surface area contributed by atoms with E-state index in [4.69, 9.17) is 0 Å². The number of rotatable bonds is 6. The van der Waals surface area contributed by atoms with Gasteiger partial charge in [-0.15, -0.1) is 0 Å². The molecule has 2 heterocycles. The standard InChI is InChI=1S/C22H25N5O3S/c1-4-14(3)19(24-20-15-10-6-9-13-18(15)31(29,30)26-20)21(28)25-22-23-16-11-7-8-12-17(16)27(22)5-2/h6-14,19H,4-5H2,1-3H3,(H,24,26)(H,23,25,28)/t14-,19-/m0/s1. The lowest BCUT2D eigenvalue weighted by Gasteiger charge is -2.19. The van der Waals surface area contributed by atoms with E-state index in [9.17, 15) is 13.2 Å². The van der Waals surface area contributed by atoms with Crippen molar-refractivity contribution in [2.45, 2.75) is 44.7 Å². The zero-order valence-corrected chi connectivity index (χ0v) is 18.5. The molecule has 8 nitrogen and oxygen atoms in total. The lowest BCUT2D eigenvalue weighted by atomic mass is 9.98. The summed E-state index contributed by atoms with van der Waals surface area (Å²) in [6, 6.07) is 13.5. The molecule has 1 aliphatic heterocycles. The number of aromatic nitrogens is 2. The summed E-state index contributed by atoms with van der Waals surface area (Å²) in [7, 11) is -3.67. The Morgan fingerprint density at radius 1 is 1.16 bits per heavy atom. The average Bonchev–Trinajstić information content (AvgIpc) is 3.25. The highest BCUT2D eigenvalue weighted by molar-refractivity contribution is 7.90. The van der Waals surface area contributed by atoms with Gasteiger partial charge in [-0.05, 0) is 37.1 Å². The number of carbonyl (C=O) groups is 1. The van der Waals surface area contributed by atoms with Crippen molar-refractivity contribution in [3.05, 3.63) is 54.1 Å². The second-order valence-corrected chi connectivity index (χ2v) is 9.22. The molecule has 1 amide bonds. The summed E-state index contributed by atoms with van der Waals surface area (Å²) >= 11 is 0. The number of fused-ring (bicyclic) bond motifs is 2. The number of para-hydroxylation sites is 2. The van der Waals surface area contributed by atoms with Crippen molar-refractivity contribution in [2.24, 2.45) is 10.9 Å². The van der Waals surface area contributed by atoms with Crippen molar-refractivity contribution in [1.82, 2.24) is 14.3 Å². The third-order valence-corrected chi connectivity index (χ3v) is 6.99. The number of anilines is 1. The summed E-state index contributed by atoms with van der Waals surface area (Å²) in [6.45, 7) is 6.53. The minimum atomic E-state index is -3.67. The Morgan fingerprint density at radius 3 is 2.61 bits per heavy atom. The Labute approximate surface area is 181 Å². The van der Waals surface area contributed by atoms with Gasteiger partial charge in [0.1, 0.15) is 11.9 Å². The van der Waals surface area contributed by atoms with Gasteiger partial charge in [0.25, 0.3) is 15.9 Å². The first-order valence-corrected chi connectivity index (χ1v) is 11.8. The van der Waals surface area contributed by atoms with Gasteiger partial charge in [0.15, 0.2) is 0 Å². The van der Waals surface area contributed by atoms with Gasteiger partial charge in [-0.3, -0.25) is 19.8 Å². The minimum absolute atomic E-state index is 0.107. The molecule has 0 bridgehead atoms. The number of aliphatic imine (C=N–C) groups is 1. The van der Waals surface area contributed by atoms with Crippen molar-refractivity contribution < 1.29 is 13.2 Å². The Morgan fingerprint density at radius 2 is 1.87 bits per heavy atom. The average molecular weight is 440 g/mol. The van der Waals surface area contributed by atoms with Crippen LogP contribution in [0.1, 0.15) is 32.8 Å². The highest BCUT2D eigenvalue weighted by Crippen LogP contribution is 2.25. The molecule has 1 aromatic heterocycles. The van der Waals surface area contributed by atoms with Gasteiger partial charge in [-0.2, -0.15) is 0 Å². The van der Waals surface area contributed by atoms with Crippen LogP contribution in [-0.4, -0.2) is 35.8 Å². The Bertz CT molecular complexity index is 1280. The summed E-state index contributed by atoms with van der Waals surface area (Å²) in [6.07, 6.45) is 0.702. The van der Waals surface area contributed by atoms with Gasteiger partial charge in [0, 0.05) is 12.1 Å². The number of hydrogen-bond acceptors (Lipinski definition) is 5. The molecule has 2 atom stereocenters. The third-order valence-electron chi connectivity index (χ3n) is 5.59. The molecule has 0 unspecified atom stereocenters. The molecule has 0 fully saturated rings. The number of amides is 1. The highest BCUT2D eigenvalue weighted by atomic mass is 32.2. The van der Waals surface area contributed by atoms with Crippen molar-refractivity contribution in [1.29, 1.82) is 0 Å². The van der Waals surface area contributed by atoms with E-state index in [1.54, 1.807) is 18.2 Å². The largest absolute Gasteiger partial charge is 0.310 e. The van der Waals surface area contributed by atoms with E-state index in [1.807, 2.05) is 49.6 Å². The third kappa shape index (κ3) is 3.81. The summed E-state index contributed by atoms with van der Waals surface area (Å²) < 4.78 is 29.3. The van der Waals surface area contributed by atoms with Crippen LogP contribution in [0.2, 0.25) is 0 Å². The first kappa shape index (κ1) is 21.0. The second kappa shape index (κ2) is 8.14. The van der Waals surface area contributed by atoms with Crippen LogP contribution in [0.15, 0.2) is 58.4 Å². The van der Waals surface area contributed by atoms with Gasteiger partial charge >= 0.3 is 0 Å². The molecule has 1 aliphatic rings. The van der Waals surface area contributed by atoms with Crippen molar-refractivity contribution in [3.8, 4) is 0 Å². The number of hydrogen-bond donors (Lipinski definition) is 2. The molecule has 31 heavy (non-hydrogen) atoms. The maximum Gasteiger partial charge on any atom is 0.263 e. The normalized spacial score (nSPS) is 17.8. The minimum Gasteiger partial charge on any atom is -0.310 e. The van der Waals surface area contributed by atoms with Crippen LogP contribution in [-0.2, 0) is 21.4 Å². The van der Waals surface area contributed by atoms with Gasteiger partial charge < -0.3 is 4.57 Å². The van der Waals surface area contributed by atoms with Gasteiger partial charge in [-0.25, -0.2) is 13.4 Å². The second-order valence-electron chi connectivity index (χ2n) is 7.57. The van der Waals surface area contributed by atoms with Crippen molar-refractivity contribution >= 4 is 38.7 Å². The van der Waals surface area contributed by atoms with Crippen LogP contribution in [0.5, 0.6) is 0 Å². The van der Waals surface area contributed by atoms with E-state index in [2.05, 4.69) is 20.0 Å². The van der Waals surface area contributed by atoms with Gasteiger partial charge in [-0.1, -0.05) is 44.5 Å². The molecule has 0 saturated carbocycles. The van der Waals surface area contributed by atoms with E-state index in [0.29, 0.717) is 24.5 Å². The van der Waals surface area contributed by atoms with Gasteiger partial charge in [0.2, 0.25) is 5.95 Å². The van der Waals surface area contributed by atoms with E-state index in [-0.39, 0.29) is 22.6 Å². The molecule has 162 valence electrons. The molecule has 0 radical (unpaired) electrons. The molecule has 2 N–H and O–H groups in total. The zero-order chi connectivity index (χ0) is 22.2. The predicted octanol–water partition coefficient (Wildman–Crippen LogP) is 3.15. The van der Waals surface area contributed by atoms with Crippen LogP contribution in [0.4, 0.5) is 5.95 Å². The number of benzene rings is 2. The lowest BCUT2D eigenvalue weighted by Crippen LogP contribution is -2.35. The fourth-order valence-corrected chi connectivity index (χ4v) is 4.95. The Balaban J connectivity index is 1.70. The summed E-state index contributed by atoms with van der Waals surface area (Å²) in [5.74, 6) is 0.217. The number of imidazole rings is 1. The van der Waals surface area contributed by atoms with Crippen LogP contribution < -0.4 is 10.0 Å². The smallest absolute Gasteiger partial charge is 0.263 e. The number of nitrogens with one attached hydrogen (secondary N) is 2. The van der Waals surface area contributed by atoms with Crippen LogP contribution in [0.25, 0.3) is 11.0 Å². The highest BCUT2D eigenvalue weighted by Gasteiger charge is 2.33. The molecule has 4 rings (SSSR count). The summed E-state index contributed by atoms with van der Waals surface area (Å²) in [4.78, 5) is 22.6. The van der Waals surface area contributed by atoms with Crippen molar-refractivity contribution in [3.63, 3.8) is 0 Å². The van der Waals surface area contributed by atoms with Gasteiger partial charge in [0.05, 0.1) is 15.9 Å². The van der Waals surface area contributed by atoms with Crippen LogP contribution in [0.3, 0.4) is 0 Å². The first-order chi connectivity index (χ1) is 14.9. The number of carbonyl (C=O) groups excluding carboxylic acids is 1. The van der Waals surface area contributed by atoms with E-state index in [0.717, 1.165) is 11.0 Å². The molecule has 3 aromatic rings. The van der Waals surface area contributed by atoms with E-state index >= 15 is 0 Å². The lowest BCUT2D eigenvalue weighted by molar-refractivity contribution is -0.118. The molecular formula is C22H25N5O3S. The number of nitrogens with zero attached hydrogens (tertiary/aromatic N) is 3. The SMILES string of the molecule is CC[C@H](C)[C@H](N=C1NS(=O)(=O)c2ccccc21)C(=O)Nc1nc2ccccc2n1CC. The fraction of sp³-hybridized carbons (Fsp3) is 0.318. The fourth-order valence-electron chi connectivity index (χ4n) is 3.71. The van der Waals surface area contributed by atoms with E-state index < -0.39 is 16.1 Å². The molecule has 0 aliphatic carbocycles. The molecule has 0 spiro atoms. The Hall–Kier alpha value is -3.20. The Kier molecular flexibility index (Phi) is 5.53. The zero-order valence-electron chi connectivity index (χ0n) is 17.7. The number of aryl methyl sites for hydroxylation is 1. The topological polar surface area (TPSA) is 105 Å². The van der Waals surface area contributed by atoms with Crippen molar-refractivity contribution in [2.75, 3.05) is 5.32 Å². The molecule has 9 heteroatoms. The molecule has 2 aromatic carbocycles. The molecule has 0 saturated heterocycles. The first-order valence-electron chi connectivity index (χ1n) is 10.3. The molecular weight excluding hydrogens is 414 g/mol. The summed E-state index contributed by atoms with van der Waals surface area (Å²) in [5, 5.41) is 2.91. The maximum atomic E-state index is 13.3. The predicted molar refractivity (Wildman–Crippen MR) is 121 cm³/mol. The number of sulfonamides is 1. The summed E-state index contributed by atoms with van der Waals surface area (Å²) in [5.41, 5.74) is 2.21. The maximum absolute atomic E-state index is 13.3. The van der Waals surface area contributed by atoms with Crippen LogP contribution >= 0.6 is 0 Å².